The van der Waals surface area contributed by atoms with Crippen LogP contribution in [0, 0.1) is 12.7 Å². The molecule has 1 heterocycles. The molecule has 0 spiro atoms. The second-order valence-electron chi connectivity index (χ2n) is 5.10. The summed E-state index contributed by atoms with van der Waals surface area (Å²) in [6.07, 6.45) is 0. The summed E-state index contributed by atoms with van der Waals surface area (Å²) in [5.41, 5.74) is 2.76. The van der Waals surface area contributed by atoms with Gasteiger partial charge in [-0.2, -0.15) is 0 Å². The Bertz CT molecular complexity index is 591. The molecule has 0 saturated carbocycles. The van der Waals surface area contributed by atoms with Crippen LogP contribution in [0.5, 0.6) is 0 Å². The van der Waals surface area contributed by atoms with Crippen LogP contribution in [0.2, 0.25) is 0 Å². The van der Waals surface area contributed by atoms with Gasteiger partial charge in [-0.05, 0) is 38.1 Å². The lowest BCUT2D eigenvalue weighted by atomic mass is 10.1. The van der Waals surface area contributed by atoms with Crippen molar-refractivity contribution in [2.45, 2.75) is 33.6 Å². The molecule has 0 aliphatic carbocycles. The van der Waals surface area contributed by atoms with E-state index < -0.39 is 0 Å². The van der Waals surface area contributed by atoms with Crippen LogP contribution in [0.3, 0.4) is 0 Å². The normalized spacial score (nSPS) is 10.9. The molecular weight excluding hydrogens is 253 g/mol. The molecule has 20 heavy (non-hydrogen) atoms. The SMILES string of the molecule is CCNc1nc(C(C)C)nc(-c2ccc(F)cc2)c1C. The number of halogens is 1. The van der Waals surface area contributed by atoms with Crippen LogP contribution in [0.4, 0.5) is 10.2 Å². The highest BCUT2D eigenvalue weighted by Gasteiger charge is 2.14. The average molecular weight is 273 g/mol. The maximum absolute atomic E-state index is 13.1. The van der Waals surface area contributed by atoms with Crippen molar-refractivity contribution in [3.63, 3.8) is 0 Å². The molecule has 2 rings (SSSR count). The second kappa shape index (κ2) is 5.99. The lowest BCUT2D eigenvalue weighted by Crippen LogP contribution is -2.08. The van der Waals surface area contributed by atoms with Crippen LogP contribution >= 0.6 is 0 Å². The monoisotopic (exact) mass is 273 g/mol. The molecule has 0 aliphatic heterocycles. The van der Waals surface area contributed by atoms with Crippen molar-refractivity contribution >= 4 is 5.82 Å². The molecule has 0 fully saturated rings. The number of benzene rings is 1. The second-order valence-corrected chi connectivity index (χ2v) is 5.10. The minimum Gasteiger partial charge on any atom is -0.370 e. The Hall–Kier alpha value is -1.97. The summed E-state index contributed by atoms with van der Waals surface area (Å²) in [7, 11) is 0. The molecular formula is C16H20FN3. The first-order valence-corrected chi connectivity index (χ1v) is 6.91. The van der Waals surface area contributed by atoms with Gasteiger partial charge in [0.05, 0.1) is 5.69 Å². The minimum atomic E-state index is -0.239. The van der Waals surface area contributed by atoms with Crippen molar-refractivity contribution in [1.29, 1.82) is 0 Å². The molecule has 0 aliphatic rings. The standard InChI is InChI=1S/C16H20FN3/c1-5-18-16-11(4)14(19-15(20-16)10(2)3)12-6-8-13(17)9-7-12/h6-10H,5H2,1-4H3,(H,18,19,20). The van der Waals surface area contributed by atoms with Crippen molar-refractivity contribution in [2.75, 3.05) is 11.9 Å². The van der Waals surface area contributed by atoms with Gasteiger partial charge in [0.1, 0.15) is 17.5 Å². The smallest absolute Gasteiger partial charge is 0.133 e. The quantitative estimate of drug-likeness (QED) is 0.909. The van der Waals surface area contributed by atoms with Gasteiger partial charge in [-0.25, -0.2) is 14.4 Å². The third-order valence-electron chi connectivity index (χ3n) is 3.14. The van der Waals surface area contributed by atoms with E-state index in [0.29, 0.717) is 0 Å². The van der Waals surface area contributed by atoms with Gasteiger partial charge >= 0.3 is 0 Å². The van der Waals surface area contributed by atoms with Gasteiger partial charge in [0, 0.05) is 23.6 Å². The number of anilines is 1. The van der Waals surface area contributed by atoms with Gasteiger partial charge in [-0.3, -0.25) is 0 Å². The summed E-state index contributed by atoms with van der Waals surface area (Å²) in [5, 5.41) is 3.27. The Balaban J connectivity index is 2.58. The van der Waals surface area contributed by atoms with Crippen LogP contribution < -0.4 is 5.32 Å². The average Bonchev–Trinajstić information content (AvgIpc) is 2.42. The molecule has 2 aromatic rings. The maximum Gasteiger partial charge on any atom is 0.133 e. The Morgan fingerprint density at radius 3 is 2.35 bits per heavy atom. The zero-order chi connectivity index (χ0) is 14.7. The highest BCUT2D eigenvalue weighted by molar-refractivity contribution is 5.68. The molecule has 1 aromatic carbocycles. The first-order chi connectivity index (χ1) is 9.52. The fourth-order valence-electron chi connectivity index (χ4n) is 2.02. The highest BCUT2D eigenvalue weighted by Crippen LogP contribution is 2.27. The molecule has 1 N–H and O–H groups in total. The zero-order valence-corrected chi connectivity index (χ0v) is 12.4. The van der Waals surface area contributed by atoms with Gasteiger partial charge in [-0.15, -0.1) is 0 Å². The van der Waals surface area contributed by atoms with Crippen LogP contribution in [0.25, 0.3) is 11.3 Å². The first-order valence-electron chi connectivity index (χ1n) is 6.91. The number of rotatable bonds is 4. The minimum absolute atomic E-state index is 0.239. The summed E-state index contributed by atoms with van der Waals surface area (Å²) < 4.78 is 13.1. The van der Waals surface area contributed by atoms with Crippen molar-refractivity contribution < 1.29 is 4.39 Å². The van der Waals surface area contributed by atoms with E-state index in [9.17, 15) is 4.39 Å². The molecule has 1 aromatic heterocycles. The van der Waals surface area contributed by atoms with Crippen molar-refractivity contribution in [3.8, 4) is 11.3 Å². The zero-order valence-electron chi connectivity index (χ0n) is 12.4. The Kier molecular flexibility index (Phi) is 4.32. The van der Waals surface area contributed by atoms with Crippen LogP contribution in [-0.4, -0.2) is 16.5 Å². The van der Waals surface area contributed by atoms with E-state index in [1.165, 1.54) is 12.1 Å². The molecule has 0 radical (unpaired) electrons. The molecule has 106 valence electrons. The van der Waals surface area contributed by atoms with E-state index in [0.717, 1.165) is 35.0 Å². The fraction of sp³-hybridized carbons (Fsp3) is 0.375. The number of hydrogen-bond donors (Lipinski definition) is 1. The summed E-state index contributed by atoms with van der Waals surface area (Å²) >= 11 is 0. The van der Waals surface area contributed by atoms with Gasteiger partial charge in [-0.1, -0.05) is 13.8 Å². The van der Waals surface area contributed by atoms with Crippen LogP contribution in [-0.2, 0) is 0 Å². The molecule has 0 saturated heterocycles. The Morgan fingerprint density at radius 2 is 1.80 bits per heavy atom. The van der Waals surface area contributed by atoms with Crippen LogP contribution in [0.15, 0.2) is 24.3 Å². The molecule has 3 nitrogen and oxygen atoms in total. The third kappa shape index (κ3) is 2.95. The predicted molar refractivity (Wildman–Crippen MR) is 80.4 cm³/mol. The first kappa shape index (κ1) is 14.4. The van der Waals surface area contributed by atoms with Crippen LogP contribution in [0.1, 0.15) is 38.1 Å². The Morgan fingerprint density at radius 1 is 1.15 bits per heavy atom. The summed E-state index contributed by atoms with van der Waals surface area (Å²) in [4.78, 5) is 9.21. The van der Waals surface area contributed by atoms with E-state index >= 15 is 0 Å². The number of hydrogen-bond acceptors (Lipinski definition) is 3. The van der Waals surface area contributed by atoms with E-state index in [2.05, 4.69) is 29.1 Å². The summed E-state index contributed by atoms with van der Waals surface area (Å²) in [5.74, 6) is 1.65. The van der Waals surface area contributed by atoms with Gasteiger partial charge in [0.25, 0.3) is 0 Å². The maximum atomic E-state index is 13.1. The topological polar surface area (TPSA) is 37.8 Å². The third-order valence-corrected chi connectivity index (χ3v) is 3.14. The van der Waals surface area contributed by atoms with Gasteiger partial charge in [0.2, 0.25) is 0 Å². The molecule has 4 heteroatoms. The number of nitrogens with zero attached hydrogens (tertiary/aromatic N) is 2. The van der Waals surface area contributed by atoms with E-state index in [1.54, 1.807) is 12.1 Å². The number of aromatic nitrogens is 2. The molecule has 0 unspecified atom stereocenters. The van der Waals surface area contributed by atoms with Crippen molar-refractivity contribution in [1.82, 2.24) is 9.97 Å². The molecule has 0 atom stereocenters. The molecule has 0 amide bonds. The highest BCUT2D eigenvalue weighted by atomic mass is 19.1. The summed E-state index contributed by atoms with van der Waals surface area (Å²) in [6, 6.07) is 6.42. The largest absolute Gasteiger partial charge is 0.370 e. The number of nitrogens with one attached hydrogen (secondary N) is 1. The lowest BCUT2D eigenvalue weighted by Gasteiger charge is -2.15. The van der Waals surface area contributed by atoms with Crippen molar-refractivity contribution in [2.24, 2.45) is 0 Å². The predicted octanol–water partition coefficient (Wildman–Crippen LogP) is 4.15. The lowest BCUT2D eigenvalue weighted by molar-refractivity contribution is 0.628. The molecule has 0 bridgehead atoms. The van der Waals surface area contributed by atoms with Gasteiger partial charge in [0.15, 0.2) is 0 Å². The fourth-order valence-corrected chi connectivity index (χ4v) is 2.02. The van der Waals surface area contributed by atoms with E-state index in [1.807, 2.05) is 13.8 Å². The van der Waals surface area contributed by atoms with E-state index in [4.69, 9.17) is 0 Å². The van der Waals surface area contributed by atoms with Crippen molar-refractivity contribution in [3.05, 3.63) is 41.5 Å². The van der Waals surface area contributed by atoms with E-state index in [-0.39, 0.29) is 11.7 Å². The Labute approximate surface area is 119 Å². The summed E-state index contributed by atoms with van der Waals surface area (Å²) in [6.45, 7) is 8.96. The van der Waals surface area contributed by atoms with Gasteiger partial charge < -0.3 is 5.32 Å².